The molecule has 0 atom stereocenters. The number of esters is 2. The number of aromatic nitrogens is 2. The van der Waals surface area contributed by atoms with Crippen molar-refractivity contribution in [1.29, 1.82) is 0 Å². The van der Waals surface area contributed by atoms with Crippen LogP contribution in [0.4, 0.5) is 4.39 Å². The van der Waals surface area contributed by atoms with Gasteiger partial charge in [0.05, 0.1) is 25.3 Å². The predicted molar refractivity (Wildman–Crippen MR) is 98.7 cm³/mol. The molecule has 0 bridgehead atoms. The Morgan fingerprint density at radius 2 is 1.86 bits per heavy atom. The monoisotopic (exact) mass is 400 g/mol. The van der Waals surface area contributed by atoms with Crippen molar-refractivity contribution in [3.05, 3.63) is 70.4 Å². The summed E-state index contributed by atoms with van der Waals surface area (Å²) in [4.78, 5) is 28.6. The number of hydrogen-bond acceptors (Lipinski definition) is 7. The first-order valence-electron chi connectivity index (χ1n) is 8.64. The molecule has 0 saturated carbocycles. The van der Waals surface area contributed by atoms with Crippen molar-refractivity contribution in [2.24, 2.45) is 0 Å². The molecule has 0 N–H and O–H groups in total. The molecule has 29 heavy (non-hydrogen) atoms. The molecule has 0 spiro atoms. The SMILES string of the molecule is CCOc1ccc2nc(COC(=O)c3ccc(F)cc3)c(C(=O)OC)[n+]([O-])c2c1. The van der Waals surface area contributed by atoms with Crippen LogP contribution in [-0.4, -0.2) is 30.6 Å². The highest BCUT2D eigenvalue weighted by atomic mass is 19.1. The van der Waals surface area contributed by atoms with Gasteiger partial charge < -0.3 is 19.4 Å². The standard InChI is InChI=1S/C20H17FN2O6/c1-3-28-14-8-9-15-17(10-14)23(26)18(20(25)27-2)16(22-15)11-29-19(24)12-4-6-13(21)7-5-12/h4-10H,3,11H2,1-2H3. The maximum atomic E-state index is 13.0. The number of ether oxygens (including phenoxy) is 3. The molecule has 0 radical (unpaired) electrons. The molecule has 0 aliphatic heterocycles. The minimum Gasteiger partial charge on any atom is -0.618 e. The zero-order chi connectivity index (χ0) is 21.0. The van der Waals surface area contributed by atoms with Gasteiger partial charge in [-0.05, 0) is 43.3 Å². The van der Waals surface area contributed by atoms with Gasteiger partial charge in [-0.2, -0.15) is 4.73 Å². The lowest BCUT2D eigenvalue weighted by molar-refractivity contribution is -0.581. The number of methoxy groups -OCH3 is 1. The van der Waals surface area contributed by atoms with E-state index in [9.17, 15) is 19.2 Å². The lowest BCUT2D eigenvalue weighted by atomic mass is 10.2. The number of rotatable bonds is 6. The average Bonchev–Trinajstić information content (AvgIpc) is 2.72. The van der Waals surface area contributed by atoms with Gasteiger partial charge in [-0.25, -0.2) is 19.0 Å². The molecule has 2 aromatic carbocycles. The number of carbonyl (C=O) groups is 2. The van der Waals surface area contributed by atoms with Gasteiger partial charge in [0, 0.05) is 0 Å². The van der Waals surface area contributed by atoms with Gasteiger partial charge in [0.25, 0.3) is 0 Å². The Morgan fingerprint density at radius 3 is 2.52 bits per heavy atom. The predicted octanol–water partition coefficient (Wildman–Crippen LogP) is 2.55. The fourth-order valence-electron chi connectivity index (χ4n) is 2.65. The summed E-state index contributed by atoms with van der Waals surface area (Å²) in [5.41, 5.74) is 0.0246. The van der Waals surface area contributed by atoms with Gasteiger partial charge in [-0.3, -0.25) is 0 Å². The smallest absolute Gasteiger partial charge is 0.406 e. The second kappa shape index (κ2) is 8.51. The van der Waals surface area contributed by atoms with Gasteiger partial charge in [-0.15, -0.1) is 0 Å². The molecule has 8 nitrogen and oxygen atoms in total. The Hall–Kier alpha value is -3.75. The molecule has 1 heterocycles. The molecule has 0 amide bonds. The van der Waals surface area contributed by atoms with E-state index < -0.39 is 30.1 Å². The summed E-state index contributed by atoms with van der Waals surface area (Å²) < 4.78 is 28.6. The second-order valence-electron chi connectivity index (χ2n) is 5.86. The minimum absolute atomic E-state index is 0.0704. The van der Waals surface area contributed by atoms with Gasteiger partial charge in [0.2, 0.25) is 5.52 Å². The van der Waals surface area contributed by atoms with Crippen molar-refractivity contribution >= 4 is 23.0 Å². The quantitative estimate of drug-likeness (QED) is 0.356. The van der Waals surface area contributed by atoms with Crippen LogP contribution in [0.15, 0.2) is 42.5 Å². The van der Waals surface area contributed by atoms with Crippen molar-refractivity contribution in [2.75, 3.05) is 13.7 Å². The molecule has 0 unspecified atom stereocenters. The first kappa shape index (κ1) is 20.0. The highest BCUT2D eigenvalue weighted by Gasteiger charge is 2.28. The van der Waals surface area contributed by atoms with Crippen molar-refractivity contribution in [2.45, 2.75) is 13.5 Å². The van der Waals surface area contributed by atoms with Crippen molar-refractivity contribution in [1.82, 2.24) is 4.98 Å². The molecule has 3 aromatic rings. The summed E-state index contributed by atoms with van der Waals surface area (Å²) in [5.74, 6) is -1.74. The number of carbonyl (C=O) groups excluding carboxylic acids is 2. The maximum Gasteiger partial charge on any atom is 0.406 e. The third kappa shape index (κ3) is 4.23. The summed E-state index contributed by atoms with van der Waals surface area (Å²) in [6.07, 6.45) is 0. The van der Waals surface area contributed by atoms with Crippen molar-refractivity contribution in [3.8, 4) is 5.75 Å². The molecule has 0 fully saturated rings. The number of fused-ring (bicyclic) bond motifs is 1. The summed E-state index contributed by atoms with van der Waals surface area (Å²) in [6.45, 7) is 1.75. The summed E-state index contributed by atoms with van der Waals surface area (Å²) in [7, 11) is 1.12. The molecule has 1 aromatic heterocycles. The lowest BCUT2D eigenvalue weighted by Gasteiger charge is -2.12. The highest BCUT2D eigenvalue weighted by molar-refractivity contribution is 5.90. The summed E-state index contributed by atoms with van der Waals surface area (Å²) in [6, 6.07) is 9.40. The van der Waals surface area contributed by atoms with Crippen molar-refractivity contribution < 1.29 is 32.9 Å². The van der Waals surface area contributed by atoms with Crippen LogP contribution in [0.3, 0.4) is 0 Å². The van der Waals surface area contributed by atoms with Gasteiger partial charge in [-0.1, -0.05) is 0 Å². The lowest BCUT2D eigenvalue weighted by Crippen LogP contribution is -2.38. The first-order valence-corrected chi connectivity index (χ1v) is 8.64. The van der Waals surface area contributed by atoms with E-state index in [0.29, 0.717) is 17.1 Å². The zero-order valence-electron chi connectivity index (χ0n) is 15.7. The fraction of sp³-hybridized carbons (Fsp3) is 0.200. The summed E-state index contributed by atoms with van der Waals surface area (Å²) in [5, 5.41) is 12.8. The Bertz CT molecular complexity index is 1070. The van der Waals surface area contributed by atoms with Crippen LogP contribution in [-0.2, 0) is 16.1 Å². The third-order valence-corrected chi connectivity index (χ3v) is 4.01. The molecule has 0 aliphatic carbocycles. The van der Waals surface area contributed by atoms with Crippen LogP contribution >= 0.6 is 0 Å². The second-order valence-corrected chi connectivity index (χ2v) is 5.86. The maximum absolute atomic E-state index is 13.0. The van der Waals surface area contributed by atoms with E-state index in [1.54, 1.807) is 19.1 Å². The molecule has 3 rings (SSSR count). The highest BCUT2D eigenvalue weighted by Crippen LogP contribution is 2.20. The Balaban J connectivity index is 1.97. The van der Waals surface area contributed by atoms with Crippen LogP contribution in [0.2, 0.25) is 0 Å². The van der Waals surface area contributed by atoms with E-state index in [1.165, 1.54) is 18.2 Å². The Morgan fingerprint density at radius 1 is 1.14 bits per heavy atom. The molecule has 0 saturated heterocycles. The molecule has 150 valence electrons. The van der Waals surface area contributed by atoms with Crippen LogP contribution in [0.25, 0.3) is 11.0 Å². The molecule has 9 heteroatoms. The Kier molecular flexibility index (Phi) is 5.87. The average molecular weight is 400 g/mol. The van der Waals surface area contributed by atoms with Gasteiger partial charge in [0.15, 0.2) is 5.69 Å². The summed E-state index contributed by atoms with van der Waals surface area (Å²) >= 11 is 0. The van der Waals surface area contributed by atoms with E-state index in [4.69, 9.17) is 9.47 Å². The van der Waals surface area contributed by atoms with Crippen LogP contribution in [0.1, 0.15) is 33.5 Å². The van der Waals surface area contributed by atoms with Crippen molar-refractivity contribution in [3.63, 3.8) is 0 Å². The van der Waals surface area contributed by atoms with Gasteiger partial charge >= 0.3 is 17.6 Å². The fourth-order valence-corrected chi connectivity index (χ4v) is 2.65. The molecular weight excluding hydrogens is 383 g/mol. The topological polar surface area (TPSA) is 102 Å². The van der Waals surface area contributed by atoms with E-state index in [0.717, 1.165) is 19.2 Å². The van der Waals surface area contributed by atoms with E-state index in [2.05, 4.69) is 9.72 Å². The number of hydrogen-bond donors (Lipinski definition) is 0. The van der Waals surface area contributed by atoms with Crippen LogP contribution in [0, 0.1) is 11.0 Å². The van der Waals surface area contributed by atoms with Crippen LogP contribution < -0.4 is 9.47 Å². The van der Waals surface area contributed by atoms with E-state index in [-0.39, 0.29) is 22.3 Å². The molecule has 0 aliphatic rings. The zero-order valence-corrected chi connectivity index (χ0v) is 15.7. The normalized spacial score (nSPS) is 10.6. The minimum atomic E-state index is -0.927. The molecular formula is C20H17FN2O6. The number of nitrogens with zero attached hydrogens (tertiary/aromatic N) is 2. The Labute approximate surface area is 165 Å². The van der Waals surface area contributed by atoms with E-state index >= 15 is 0 Å². The first-order chi connectivity index (χ1) is 13.9. The number of halogens is 1. The largest absolute Gasteiger partial charge is 0.618 e. The van der Waals surface area contributed by atoms with Crippen LogP contribution in [0.5, 0.6) is 5.75 Å². The third-order valence-electron chi connectivity index (χ3n) is 4.01. The van der Waals surface area contributed by atoms with E-state index in [1.807, 2.05) is 0 Å². The van der Waals surface area contributed by atoms with Gasteiger partial charge in [0.1, 0.15) is 23.7 Å². The number of benzene rings is 2.